The number of benzene rings is 2. The third kappa shape index (κ3) is 5.81. The molecule has 9 heteroatoms. The van der Waals surface area contributed by atoms with Crippen LogP contribution in [0.25, 0.3) is 5.57 Å². The van der Waals surface area contributed by atoms with Crippen LogP contribution in [0, 0.1) is 5.82 Å². The highest BCUT2D eigenvalue weighted by Gasteiger charge is 2.15. The molecule has 0 radical (unpaired) electrons. The molecule has 0 bridgehead atoms. The zero-order chi connectivity index (χ0) is 20.9. The second kappa shape index (κ2) is 10.4. The Morgan fingerprint density at radius 2 is 2.10 bits per heavy atom. The number of carbonyl (C=O) groups is 1. The van der Waals surface area contributed by atoms with Gasteiger partial charge in [0.05, 0.1) is 6.20 Å². The molecule has 162 valence electrons. The highest BCUT2D eigenvalue weighted by molar-refractivity contribution is 7.17. The number of thiazole rings is 1. The third-order valence-electron chi connectivity index (χ3n) is 4.69. The summed E-state index contributed by atoms with van der Waals surface area (Å²) in [5.74, 6) is -0.00710. The first-order valence-corrected chi connectivity index (χ1v) is 10.3. The average Bonchev–Trinajstić information content (AvgIpc) is 3.20. The van der Waals surface area contributed by atoms with Crippen LogP contribution in [-0.4, -0.2) is 31.2 Å². The lowest BCUT2D eigenvalue weighted by atomic mass is 10.00. The molecule has 2 heterocycles. The van der Waals surface area contributed by atoms with E-state index in [4.69, 9.17) is 4.74 Å². The summed E-state index contributed by atoms with van der Waals surface area (Å²) in [6.45, 7) is 1.82. The summed E-state index contributed by atoms with van der Waals surface area (Å²) in [6, 6.07) is 13.5. The standard InChI is InChI=1S/C22H21FN4O2S.ClH/c1-27(18-6-2-4-16(12-18)15-8-10-24-11-9-15)22(28)26-21-25-14-20(30-21)29-19-7-3-5-17(23)13-19;/h2-8,12-14,24H,9-11H2,1H3,(H,25,26,28);1H. The van der Waals surface area contributed by atoms with Gasteiger partial charge in [0.1, 0.15) is 11.6 Å². The Balaban J connectivity index is 0.00000272. The van der Waals surface area contributed by atoms with Gasteiger partial charge in [-0.15, -0.1) is 12.4 Å². The molecule has 0 spiro atoms. The van der Waals surface area contributed by atoms with Crippen molar-refractivity contribution < 1.29 is 13.9 Å². The molecule has 6 nitrogen and oxygen atoms in total. The lowest BCUT2D eigenvalue weighted by Crippen LogP contribution is -2.31. The first-order valence-electron chi connectivity index (χ1n) is 9.52. The predicted octanol–water partition coefficient (Wildman–Crippen LogP) is 5.54. The maximum Gasteiger partial charge on any atom is 0.327 e. The molecular formula is C22H22ClFN4O2S. The van der Waals surface area contributed by atoms with Crippen LogP contribution in [0.1, 0.15) is 12.0 Å². The van der Waals surface area contributed by atoms with Crippen molar-refractivity contribution in [3.8, 4) is 10.8 Å². The highest BCUT2D eigenvalue weighted by Crippen LogP contribution is 2.31. The Hall–Kier alpha value is -2.94. The van der Waals surface area contributed by atoms with E-state index in [0.29, 0.717) is 15.9 Å². The summed E-state index contributed by atoms with van der Waals surface area (Å²) in [5.41, 5.74) is 3.19. The molecular weight excluding hydrogens is 439 g/mol. The zero-order valence-electron chi connectivity index (χ0n) is 16.8. The van der Waals surface area contributed by atoms with Gasteiger partial charge in [-0.05, 0) is 48.4 Å². The van der Waals surface area contributed by atoms with Crippen LogP contribution in [-0.2, 0) is 0 Å². The number of hydrogen-bond acceptors (Lipinski definition) is 5. The molecule has 0 fully saturated rings. The average molecular weight is 461 g/mol. The fraction of sp³-hybridized carbons (Fsp3) is 0.182. The van der Waals surface area contributed by atoms with Crippen LogP contribution in [0.5, 0.6) is 10.8 Å². The van der Waals surface area contributed by atoms with Crippen molar-refractivity contribution in [1.82, 2.24) is 10.3 Å². The number of nitrogens with one attached hydrogen (secondary N) is 2. The van der Waals surface area contributed by atoms with E-state index in [2.05, 4.69) is 27.8 Å². The molecule has 2 aromatic carbocycles. The number of hydrogen-bond donors (Lipinski definition) is 2. The molecule has 0 saturated carbocycles. The van der Waals surface area contributed by atoms with Gasteiger partial charge in [-0.25, -0.2) is 14.2 Å². The third-order valence-corrected chi connectivity index (χ3v) is 5.48. The van der Waals surface area contributed by atoms with Gasteiger partial charge in [0.15, 0.2) is 5.13 Å². The van der Waals surface area contributed by atoms with Gasteiger partial charge in [-0.3, -0.25) is 10.2 Å². The maximum absolute atomic E-state index is 13.3. The summed E-state index contributed by atoms with van der Waals surface area (Å²) in [5, 5.41) is 6.93. The normalized spacial score (nSPS) is 13.0. The molecule has 31 heavy (non-hydrogen) atoms. The predicted molar refractivity (Wildman–Crippen MR) is 125 cm³/mol. The van der Waals surface area contributed by atoms with Crippen molar-refractivity contribution >= 4 is 46.2 Å². The molecule has 0 saturated heterocycles. The Morgan fingerprint density at radius 1 is 1.26 bits per heavy atom. The first-order chi connectivity index (χ1) is 14.6. The fourth-order valence-corrected chi connectivity index (χ4v) is 3.78. The van der Waals surface area contributed by atoms with Gasteiger partial charge >= 0.3 is 6.03 Å². The van der Waals surface area contributed by atoms with Crippen molar-refractivity contribution in [2.45, 2.75) is 6.42 Å². The zero-order valence-corrected chi connectivity index (χ0v) is 18.4. The molecule has 1 aliphatic rings. The SMILES string of the molecule is CN(C(=O)Nc1ncc(Oc2cccc(F)c2)s1)c1cccc(C2=CCNCC2)c1.Cl. The van der Waals surface area contributed by atoms with E-state index in [1.807, 2.05) is 18.2 Å². The smallest absolute Gasteiger partial charge is 0.327 e. The van der Waals surface area contributed by atoms with Crippen LogP contribution in [0.4, 0.5) is 20.0 Å². The van der Waals surface area contributed by atoms with Crippen molar-refractivity contribution in [1.29, 1.82) is 0 Å². The van der Waals surface area contributed by atoms with E-state index in [0.717, 1.165) is 30.8 Å². The topological polar surface area (TPSA) is 66.5 Å². The second-order valence-corrected chi connectivity index (χ2v) is 7.76. The number of anilines is 2. The summed E-state index contributed by atoms with van der Waals surface area (Å²) in [7, 11) is 1.71. The quantitative estimate of drug-likeness (QED) is 0.524. The van der Waals surface area contributed by atoms with Crippen LogP contribution in [0.2, 0.25) is 0 Å². The van der Waals surface area contributed by atoms with E-state index >= 15 is 0 Å². The van der Waals surface area contributed by atoms with E-state index < -0.39 is 0 Å². The van der Waals surface area contributed by atoms with Gasteiger partial charge in [0, 0.05) is 25.3 Å². The van der Waals surface area contributed by atoms with Crippen LogP contribution in [0.15, 0.2) is 60.8 Å². The number of aromatic nitrogens is 1. The van der Waals surface area contributed by atoms with Crippen molar-refractivity contribution in [2.24, 2.45) is 0 Å². The Bertz CT molecular complexity index is 1090. The summed E-state index contributed by atoms with van der Waals surface area (Å²) in [4.78, 5) is 18.4. The van der Waals surface area contributed by atoms with Gasteiger partial charge in [-0.2, -0.15) is 0 Å². The minimum atomic E-state index is -0.380. The molecule has 2 amide bonds. The Labute approximate surface area is 190 Å². The van der Waals surface area contributed by atoms with Gasteiger partial charge in [0.2, 0.25) is 5.06 Å². The van der Waals surface area contributed by atoms with E-state index in [1.165, 1.54) is 35.2 Å². The maximum atomic E-state index is 13.3. The minimum Gasteiger partial charge on any atom is -0.445 e. The molecule has 0 unspecified atom stereocenters. The summed E-state index contributed by atoms with van der Waals surface area (Å²) < 4.78 is 18.9. The minimum absolute atomic E-state index is 0. The summed E-state index contributed by atoms with van der Waals surface area (Å²) in [6.07, 6.45) is 4.64. The van der Waals surface area contributed by atoms with E-state index in [1.54, 1.807) is 24.1 Å². The highest BCUT2D eigenvalue weighted by atomic mass is 35.5. The number of carbonyl (C=O) groups excluding carboxylic acids is 1. The van der Waals surface area contributed by atoms with Gasteiger partial charge in [0.25, 0.3) is 0 Å². The van der Waals surface area contributed by atoms with Crippen molar-refractivity contribution in [2.75, 3.05) is 30.4 Å². The second-order valence-electron chi connectivity index (χ2n) is 6.77. The molecule has 3 aromatic rings. The number of halogens is 2. The Kier molecular flexibility index (Phi) is 7.62. The molecule has 2 N–H and O–H groups in total. The summed E-state index contributed by atoms with van der Waals surface area (Å²) >= 11 is 1.17. The van der Waals surface area contributed by atoms with E-state index in [9.17, 15) is 9.18 Å². The fourth-order valence-electron chi connectivity index (χ4n) is 3.10. The molecule has 0 aliphatic carbocycles. The van der Waals surface area contributed by atoms with Gasteiger partial charge < -0.3 is 10.1 Å². The number of rotatable bonds is 5. The lowest BCUT2D eigenvalue weighted by molar-refractivity contribution is 0.258. The molecule has 1 aliphatic heterocycles. The molecule has 1 aromatic heterocycles. The molecule has 4 rings (SSSR count). The number of nitrogens with zero attached hydrogens (tertiary/aromatic N) is 2. The number of ether oxygens (including phenoxy) is 1. The van der Waals surface area contributed by atoms with Crippen LogP contribution < -0.4 is 20.3 Å². The van der Waals surface area contributed by atoms with Gasteiger partial charge in [-0.1, -0.05) is 35.6 Å². The van der Waals surface area contributed by atoms with Crippen molar-refractivity contribution in [3.05, 3.63) is 72.2 Å². The number of amides is 2. The van der Waals surface area contributed by atoms with Crippen molar-refractivity contribution in [3.63, 3.8) is 0 Å². The number of urea groups is 1. The monoisotopic (exact) mass is 460 g/mol. The first kappa shape index (κ1) is 22.7. The van der Waals surface area contributed by atoms with E-state index in [-0.39, 0.29) is 24.3 Å². The lowest BCUT2D eigenvalue weighted by Gasteiger charge is -2.20. The van der Waals surface area contributed by atoms with Crippen LogP contribution in [0.3, 0.4) is 0 Å². The van der Waals surface area contributed by atoms with Crippen LogP contribution >= 0.6 is 23.7 Å². The Morgan fingerprint density at radius 3 is 2.87 bits per heavy atom. The largest absolute Gasteiger partial charge is 0.445 e. The molecule has 0 atom stereocenters.